The van der Waals surface area contributed by atoms with E-state index in [9.17, 15) is 0 Å². The van der Waals surface area contributed by atoms with Gasteiger partial charge >= 0.3 is 0 Å². The molecule has 3 heteroatoms. The van der Waals surface area contributed by atoms with Crippen LogP contribution in [0.5, 0.6) is 0 Å². The second-order valence-corrected chi connectivity index (χ2v) is 4.27. The maximum absolute atomic E-state index is 5.95. The summed E-state index contributed by atoms with van der Waals surface area (Å²) in [6.07, 6.45) is 3.97. The predicted molar refractivity (Wildman–Crippen MR) is 47.7 cm³/mol. The summed E-state index contributed by atoms with van der Waals surface area (Å²) in [6.45, 7) is 4.41. The highest BCUT2D eigenvalue weighted by atomic mass is 15.2. The molecule has 2 N–H and O–H groups in total. The van der Waals surface area contributed by atoms with Gasteiger partial charge in [-0.2, -0.15) is 5.10 Å². The Balaban J connectivity index is 2.24. The molecule has 0 radical (unpaired) electrons. The predicted octanol–water partition coefficient (Wildman–Crippen LogP) is 0.871. The summed E-state index contributed by atoms with van der Waals surface area (Å²) in [5.74, 6) is 0.506. The lowest BCUT2D eigenvalue weighted by Gasteiger charge is -1.97. The highest BCUT2D eigenvalue weighted by molar-refractivity contribution is 5.30. The van der Waals surface area contributed by atoms with Crippen LogP contribution in [0.25, 0.3) is 0 Å². The molecule has 0 aromatic carbocycles. The average Bonchev–Trinajstić information content (AvgIpc) is 2.38. The zero-order valence-electron chi connectivity index (χ0n) is 7.78. The molecule has 0 saturated heterocycles. The zero-order valence-corrected chi connectivity index (χ0v) is 7.78. The Morgan fingerprint density at radius 3 is 2.50 bits per heavy atom. The monoisotopic (exact) mass is 165 g/mol. The van der Waals surface area contributed by atoms with Crippen LogP contribution in [0.15, 0.2) is 12.4 Å². The highest BCUT2D eigenvalue weighted by Crippen LogP contribution is 2.57. The van der Waals surface area contributed by atoms with Gasteiger partial charge in [0.15, 0.2) is 0 Å². The van der Waals surface area contributed by atoms with Gasteiger partial charge in [-0.3, -0.25) is 4.68 Å². The van der Waals surface area contributed by atoms with Gasteiger partial charge < -0.3 is 5.73 Å². The quantitative estimate of drug-likeness (QED) is 0.671. The van der Waals surface area contributed by atoms with Crippen LogP contribution in [0.1, 0.15) is 25.3 Å². The van der Waals surface area contributed by atoms with E-state index < -0.39 is 0 Å². The van der Waals surface area contributed by atoms with Crippen LogP contribution >= 0.6 is 0 Å². The van der Waals surface area contributed by atoms with Gasteiger partial charge in [0.25, 0.3) is 0 Å². The molecule has 1 aliphatic rings. The topological polar surface area (TPSA) is 43.8 Å². The van der Waals surface area contributed by atoms with Crippen LogP contribution in [0.2, 0.25) is 0 Å². The normalized spacial score (nSPS) is 32.0. The summed E-state index contributed by atoms with van der Waals surface area (Å²) >= 11 is 0. The molecular formula is C9H15N3. The molecule has 0 bridgehead atoms. The Labute approximate surface area is 72.6 Å². The van der Waals surface area contributed by atoms with Crippen molar-refractivity contribution in [1.82, 2.24) is 9.78 Å². The number of hydrogen-bond acceptors (Lipinski definition) is 2. The van der Waals surface area contributed by atoms with E-state index in [2.05, 4.69) is 25.1 Å². The van der Waals surface area contributed by atoms with E-state index in [1.54, 1.807) is 0 Å². The molecule has 0 aliphatic heterocycles. The number of rotatable bonds is 1. The third-order valence-corrected chi connectivity index (χ3v) is 2.99. The summed E-state index contributed by atoms with van der Waals surface area (Å²) in [7, 11) is 1.93. The molecule has 1 aliphatic carbocycles. The first kappa shape index (κ1) is 7.80. The fourth-order valence-electron chi connectivity index (χ4n) is 1.92. The second-order valence-electron chi connectivity index (χ2n) is 4.27. The van der Waals surface area contributed by atoms with E-state index in [4.69, 9.17) is 5.73 Å². The number of nitrogens with two attached hydrogens (primary N) is 1. The minimum atomic E-state index is 0.267. The van der Waals surface area contributed by atoms with Crippen LogP contribution in [0.3, 0.4) is 0 Å². The minimum absolute atomic E-state index is 0.267. The van der Waals surface area contributed by atoms with Gasteiger partial charge in [0.05, 0.1) is 6.20 Å². The van der Waals surface area contributed by atoms with Gasteiger partial charge in [0.2, 0.25) is 0 Å². The highest BCUT2D eigenvalue weighted by Gasteiger charge is 2.56. The third kappa shape index (κ3) is 0.894. The van der Waals surface area contributed by atoms with Crippen molar-refractivity contribution >= 4 is 0 Å². The van der Waals surface area contributed by atoms with Crippen molar-refractivity contribution in [3.8, 4) is 0 Å². The summed E-state index contributed by atoms with van der Waals surface area (Å²) in [4.78, 5) is 0. The lowest BCUT2D eigenvalue weighted by Crippen LogP contribution is -2.06. The van der Waals surface area contributed by atoms with Gasteiger partial charge in [-0.15, -0.1) is 0 Å². The van der Waals surface area contributed by atoms with E-state index in [-0.39, 0.29) is 5.41 Å². The summed E-state index contributed by atoms with van der Waals surface area (Å²) in [5, 5.41) is 4.14. The minimum Gasteiger partial charge on any atom is -0.327 e. The zero-order chi connectivity index (χ0) is 8.93. The van der Waals surface area contributed by atoms with Crippen molar-refractivity contribution in [2.24, 2.45) is 18.2 Å². The van der Waals surface area contributed by atoms with E-state index in [1.165, 1.54) is 5.56 Å². The van der Waals surface area contributed by atoms with Crippen LogP contribution in [0, 0.1) is 5.41 Å². The summed E-state index contributed by atoms with van der Waals surface area (Å²) < 4.78 is 1.83. The molecule has 2 atom stereocenters. The fourth-order valence-corrected chi connectivity index (χ4v) is 1.92. The number of nitrogens with zero attached hydrogens (tertiary/aromatic N) is 2. The van der Waals surface area contributed by atoms with Gasteiger partial charge in [0.1, 0.15) is 0 Å². The lowest BCUT2D eigenvalue weighted by molar-refractivity contribution is 0.599. The van der Waals surface area contributed by atoms with Crippen LogP contribution in [-0.2, 0) is 7.05 Å². The molecule has 1 aromatic rings. The first-order chi connectivity index (χ1) is 5.53. The molecule has 0 amide bonds. The second kappa shape index (κ2) is 2.10. The molecule has 66 valence electrons. The standard InChI is InChI=1S/C9H15N3/c1-9(2)7(8(9)10)6-4-11-12(3)5-6/h4-5,7-8H,10H2,1-3H3/t7-,8-/m1/s1. The largest absolute Gasteiger partial charge is 0.327 e. The first-order valence-electron chi connectivity index (χ1n) is 4.27. The Morgan fingerprint density at radius 2 is 2.17 bits per heavy atom. The molecular weight excluding hydrogens is 150 g/mol. The molecule has 1 fully saturated rings. The van der Waals surface area contributed by atoms with E-state index in [0.717, 1.165) is 0 Å². The van der Waals surface area contributed by atoms with Crippen LogP contribution in [-0.4, -0.2) is 15.8 Å². The maximum atomic E-state index is 5.95. The van der Waals surface area contributed by atoms with Crippen molar-refractivity contribution < 1.29 is 0 Å². The SMILES string of the molecule is Cn1cc([C@@H]2[C@@H](N)C2(C)C)cn1. The lowest BCUT2D eigenvalue weighted by atomic mass is 10.1. The first-order valence-corrected chi connectivity index (χ1v) is 4.27. The molecule has 1 heterocycles. The number of hydrogen-bond donors (Lipinski definition) is 1. The molecule has 1 saturated carbocycles. The Morgan fingerprint density at radius 1 is 1.58 bits per heavy atom. The molecule has 0 spiro atoms. The number of aromatic nitrogens is 2. The van der Waals surface area contributed by atoms with Crippen molar-refractivity contribution in [1.29, 1.82) is 0 Å². The van der Waals surface area contributed by atoms with Crippen molar-refractivity contribution in [3.63, 3.8) is 0 Å². The summed E-state index contributed by atoms with van der Waals surface area (Å²) in [5.41, 5.74) is 7.49. The fraction of sp³-hybridized carbons (Fsp3) is 0.667. The molecule has 2 rings (SSSR count). The average molecular weight is 165 g/mol. The number of aryl methyl sites for hydroxylation is 1. The molecule has 12 heavy (non-hydrogen) atoms. The third-order valence-electron chi connectivity index (χ3n) is 2.99. The van der Waals surface area contributed by atoms with E-state index in [0.29, 0.717) is 12.0 Å². The Hall–Kier alpha value is -0.830. The van der Waals surface area contributed by atoms with E-state index in [1.807, 2.05) is 17.9 Å². The van der Waals surface area contributed by atoms with Crippen LogP contribution in [0.4, 0.5) is 0 Å². The van der Waals surface area contributed by atoms with Crippen molar-refractivity contribution in [2.45, 2.75) is 25.8 Å². The van der Waals surface area contributed by atoms with Crippen molar-refractivity contribution in [2.75, 3.05) is 0 Å². The van der Waals surface area contributed by atoms with Crippen molar-refractivity contribution in [3.05, 3.63) is 18.0 Å². The Kier molecular flexibility index (Phi) is 1.37. The van der Waals surface area contributed by atoms with Gasteiger partial charge in [-0.25, -0.2) is 0 Å². The maximum Gasteiger partial charge on any atom is 0.0525 e. The summed E-state index contributed by atoms with van der Waals surface area (Å²) in [6, 6.07) is 0.307. The smallest absolute Gasteiger partial charge is 0.0525 e. The van der Waals surface area contributed by atoms with E-state index >= 15 is 0 Å². The van der Waals surface area contributed by atoms with Gasteiger partial charge in [-0.05, 0) is 11.0 Å². The van der Waals surface area contributed by atoms with Gasteiger partial charge in [0, 0.05) is 25.2 Å². The Bertz CT molecular complexity index is 300. The molecule has 3 nitrogen and oxygen atoms in total. The van der Waals surface area contributed by atoms with Crippen LogP contribution < -0.4 is 5.73 Å². The van der Waals surface area contributed by atoms with Gasteiger partial charge in [-0.1, -0.05) is 13.8 Å². The molecule has 0 unspecified atom stereocenters. The molecule has 1 aromatic heterocycles.